The van der Waals surface area contributed by atoms with Crippen LogP contribution >= 0.6 is 0 Å². The van der Waals surface area contributed by atoms with Crippen molar-refractivity contribution in [3.63, 3.8) is 0 Å². The molecular weight excluding hydrogens is 376 g/mol. The van der Waals surface area contributed by atoms with Gasteiger partial charge in [0.25, 0.3) is 0 Å². The van der Waals surface area contributed by atoms with E-state index in [1.54, 1.807) is 19.2 Å². The van der Waals surface area contributed by atoms with Gasteiger partial charge in [-0.1, -0.05) is 12.1 Å². The maximum Gasteiger partial charge on any atom is 0.310 e. The number of esters is 2. The number of benzene rings is 2. The van der Waals surface area contributed by atoms with Crippen LogP contribution in [0.4, 0.5) is 0 Å². The molecular formula is C22H22O7. The number of phenolic OH excluding ortho intramolecular Hbond substituents is 1. The fraction of sp³-hybridized carbons (Fsp3) is 0.364. The minimum absolute atomic E-state index is 0.0430. The van der Waals surface area contributed by atoms with Gasteiger partial charge in [-0.3, -0.25) is 9.59 Å². The third-order valence-corrected chi connectivity index (χ3v) is 6.08. The highest BCUT2D eigenvalue weighted by molar-refractivity contribution is 5.89. The molecule has 4 unspecified atom stereocenters. The fourth-order valence-corrected chi connectivity index (χ4v) is 5.06. The van der Waals surface area contributed by atoms with Gasteiger partial charge in [-0.25, -0.2) is 0 Å². The average Bonchev–Trinajstić information content (AvgIpc) is 2.76. The van der Waals surface area contributed by atoms with Crippen LogP contribution in [0.25, 0.3) is 0 Å². The van der Waals surface area contributed by atoms with Crippen LogP contribution in [-0.4, -0.2) is 45.5 Å². The SMILES string of the molecule is COC(=O)C1C2c3cccc(OC)c3C(c3c(OC)ccc(O)c32)C1C(=O)OC. The molecule has 2 bridgehead atoms. The van der Waals surface area contributed by atoms with Crippen molar-refractivity contribution in [2.24, 2.45) is 11.8 Å². The molecule has 0 aromatic heterocycles. The number of aromatic hydroxyl groups is 1. The van der Waals surface area contributed by atoms with E-state index >= 15 is 0 Å². The molecule has 0 saturated heterocycles. The molecule has 3 aliphatic rings. The van der Waals surface area contributed by atoms with Gasteiger partial charge in [-0.2, -0.15) is 0 Å². The highest BCUT2D eigenvalue weighted by atomic mass is 16.5. The molecule has 0 aliphatic heterocycles. The first-order valence-corrected chi connectivity index (χ1v) is 9.22. The van der Waals surface area contributed by atoms with Crippen molar-refractivity contribution in [2.45, 2.75) is 11.8 Å². The van der Waals surface area contributed by atoms with E-state index in [1.165, 1.54) is 21.3 Å². The van der Waals surface area contributed by atoms with Crippen LogP contribution in [0.3, 0.4) is 0 Å². The lowest BCUT2D eigenvalue weighted by atomic mass is 9.53. The molecule has 7 nitrogen and oxygen atoms in total. The lowest BCUT2D eigenvalue weighted by Gasteiger charge is -2.48. The number of carbonyl (C=O) groups excluding carboxylic acids is 2. The molecule has 4 atom stereocenters. The molecule has 1 N–H and O–H groups in total. The number of rotatable bonds is 4. The van der Waals surface area contributed by atoms with E-state index in [2.05, 4.69) is 0 Å². The summed E-state index contributed by atoms with van der Waals surface area (Å²) in [6.07, 6.45) is 0. The van der Waals surface area contributed by atoms with Gasteiger partial charge in [-0.15, -0.1) is 0 Å². The van der Waals surface area contributed by atoms with Gasteiger partial charge in [0, 0.05) is 28.5 Å². The summed E-state index contributed by atoms with van der Waals surface area (Å²) in [5, 5.41) is 10.7. The van der Waals surface area contributed by atoms with Crippen molar-refractivity contribution in [2.75, 3.05) is 28.4 Å². The molecule has 0 fully saturated rings. The minimum Gasteiger partial charge on any atom is -0.508 e. The lowest BCUT2D eigenvalue weighted by molar-refractivity contribution is -0.160. The quantitative estimate of drug-likeness (QED) is 0.792. The van der Waals surface area contributed by atoms with Crippen molar-refractivity contribution >= 4 is 11.9 Å². The number of fused-ring (bicyclic) bond motifs is 1. The number of ether oxygens (including phenoxy) is 4. The van der Waals surface area contributed by atoms with Gasteiger partial charge in [0.05, 0.1) is 40.3 Å². The van der Waals surface area contributed by atoms with Gasteiger partial charge >= 0.3 is 11.9 Å². The van der Waals surface area contributed by atoms with E-state index < -0.39 is 35.6 Å². The van der Waals surface area contributed by atoms with E-state index in [-0.39, 0.29) is 5.75 Å². The Hall–Kier alpha value is -3.22. The first-order valence-electron chi connectivity index (χ1n) is 9.22. The third kappa shape index (κ3) is 2.50. The molecule has 0 spiro atoms. The zero-order chi connectivity index (χ0) is 20.9. The van der Waals surface area contributed by atoms with Crippen LogP contribution in [0, 0.1) is 11.8 Å². The van der Waals surface area contributed by atoms with Crippen molar-refractivity contribution in [3.8, 4) is 17.2 Å². The van der Waals surface area contributed by atoms with Crippen LogP contribution in [0.1, 0.15) is 34.1 Å². The molecule has 2 aromatic rings. The second-order valence-electron chi connectivity index (χ2n) is 7.13. The van der Waals surface area contributed by atoms with Crippen molar-refractivity contribution in [1.29, 1.82) is 0 Å². The van der Waals surface area contributed by atoms with E-state index in [0.29, 0.717) is 22.6 Å². The van der Waals surface area contributed by atoms with E-state index in [9.17, 15) is 14.7 Å². The van der Waals surface area contributed by atoms with Crippen molar-refractivity contribution < 1.29 is 33.6 Å². The Morgan fingerprint density at radius 3 is 1.93 bits per heavy atom. The molecule has 3 aliphatic carbocycles. The standard InChI is InChI=1S/C22H22O7/c1-26-12-7-5-6-10-14(12)18-17-13(27-2)9-8-11(23)16(17)15(10)19(21(24)28-3)20(18)22(25)29-4/h5-9,15,18-20,23H,1-4H3. The molecule has 5 rings (SSSR count). The number of hydrogen-bond acceptors (Lipinski definition) is 7. The molecule has 0 radical (unpaired) electrons. The molecule has 152 valence electrons. The molecule has 0 amide bonds. The van der Waals surface area contributed by atoms with Gasteiger partial charge in [0.1, 0.15) is 17.2 Å². The largest absolute Gasteiger partial charge is 0.508 e. The summed E-state index contributed by atoms with van der Waals surface area (Å²) in [6, 6.07) is 8.73. The van der Waals surface area contributed by atoms with E-state index in [0.717, 1.165) is 11.1 Å². The van der Waals surface area contributed by atoms with Crippen LogP contribution < -0.4 is 9.47 Å². The zero-order valence-corrected chi connectivity index (χ0v) is 16.6. The van der Waals surface area contributed by atoms with Gasteiger partial charge in [-0.05, 0) is 23.8 Å². The number of hydrogen-bond donors (Lipinski definition) is 1. The van der Waals surface area contributed by atoms with Crippen molar-refractivity contribution in [3.05, 3.63) is 52.6 Å². The fourth-order valence-electron chi connectivity index (χ4n) is 5.06. The highest BCUT2D eigenvalue weighted by Crippen LogP contribution is 2.64. The summed E-state index contributed by atoms with van der Waals surface area (Å²) < 4.78 is 21.3. The summed E-state index contributed by atoms with van der Waals surface area (Å²) in [5.41, 5.74) is 2.86. The Morgan fingerprint density at radius 1 is 0.759 bits per heavy atom. The Kier molecular flexibility index (Phi) is 4.61. The summed E-state index contributed by atoms with van der Waals surface area (Å²) in [7, 11) is 5.67. The van der Waals surface area contributed by atoms with E-state index in [1.807, 2.05) is 18.2 Å². The normalized spacial score (nSPS) is 23.6. The van der Waals surface area contributed by atoms with Gasteiger partial charge < -0.3 is 24.1 Å². The minimum atomic E-state index is -0.845. The Balaban J connectivity index is 2.13. The predicted octanol–water partition coefficient (Wildman–Crippen LogP) is 2.58. The molecule has 0 heterocycles. The Labute approximate surface area is 168 Å². The predicted molar refractivity (Wildman–Crippen MR) is 102 cm³/mol. The summed E-state index contributed by atoms with van der Waals surface area (Å²) in [6.45, 7) is 0. The monoisotopic (exact) mass is 398 g/mol. The van der Waals surface area contributed by atoms with Crippen LogP contribution in [0.15, 0.2) is 30.3 Å². The second kappa shape index (κ2) is 6.99. The van der Waals surface area contributed by atoms with Gasteiger partial charge in [0.2, 0.25) is 0 Å². The first kappa shape index (κ1) is 19.1. The third-order valence-electron chi connectivity index (χ3n) is 6.08. The van der Waals surface area contributed by atoms with E-state index in [4.69, 9.17) is 18.9 Å². The maximum atomic E-state index is 12.9. The summed E-state index contributed by atoms with van der Waals surface area (Å²) in [5.74, 6) is -2.77. The summed E-state index contributed by atoms with van der Waals surface area (Å²) in [4.78, 5) is 25.8. The molecule has 7 heteroatoms. The number of methoxy groups -OCH3 is 4. The van der Waals surface area contributed by atoms with Crippen LogP contribution in [0.2, 0.25) is 0 Å². The summed E-state index contributed by atoms with van der Waals surface area (Å²) >= 11 is 0. The molecule has 2 aromatic carbocycles. The Bertz CT molecular complexity index is 997. The van der Waals surface area contributed by atoms with Gasteiger partial charge in [0.15, 0.2) is 0 Å². The lowest BCUT2D eigenvalue weighted by Crippen LogP contribution is -2.48. The van der Waals surface area contributed by atoms with Crippen molar-refractivity contribution in [1.82, 2.24) is 0 Å². The second-order valence-corrected chi connectivity index (χ2v) is 7.13. The number of carbonyl (C=O) groups is 2. The smallest absolute Gasteiger partial charge is 0.310 e. The maximum absolute atomic E-state index is 12.9. The Morgan fingerprint density at radius 2 is 1.34 bits per heavy atom. The highest BCUT2D eigenvalue weighted by Gasteiger charge is 2.59. The average molecular weight is 398 g/mol. The van der Waals surface area contributed by atoms with Crippen LogP contribution in [-0.2, 0) is 19.1 Å². The molecule has 0 saturated carbocycles. The molecule has 29 heavy (non-hydrogen) atoms. The van der Waals surface area contributed by atoms with Crippen LogP contribution in [0.5, 0.6) is 17.2 Å². The first-order chi connectivity index (χ1) is 14.0. The number of phenols is 1. The topological polar surface area (TPSA) is 91.3 Å². The zero-order valence-electron chi connectivity index (χ0n) is 16.6.